The molecule has 7 heteroatoms. The monoisotopic (exact) mass is 329 g/mol. The minimum atomic E-state index is -0.324. The number of aromatic nitrogens is 2. The Hall–Kier alpha value is -3.09. The van der Waals surface area contributed by atoms with Gasteiger partial charge >= 0.3 is 0 Å². The second kappa shape index (κ2) is 6.99. The molecule has 3 rings (SSSR count). The van der Waals surface area contributed by atoms with E-state index in [4.69, 9.17) is 9.15 Å². The molecular formula is C17H16FN3O3. The molecule has 0 aliphatic heterocycles. The van der Waals surface area contributed by atoms with Gasteiger partial charge in [-0.2, -0.15) is 5.10 Å². The summed E-state index contributed by atoms with van der Waals surface area (Å²) in [6.07, 6.45) is 1.55. The van der Waals surface area contributed by atoms with Gasteiger partial charge in [-0.3, -0.25) is 9.89 Å². The van der Waals surface area contributed by atoms with Gasteiger partial charge in [0.1, 0.15) is 23.9 Å². The average Bonchev–Trinajstić information content (AvgIpc) is 3.25. The van der Waals surface area contributed by atoms with Crippen molar-refractivity contribution in [3.63, 3.8) is 0 Å². The van der Waals surface area contributed by atoms with Gasteiger partial charge in [0.2, 0.25) is 0 Å². The van der Waals surface area contributed by atoms with Gasteiger partial charge in [-0.15, -0.1) is 0 Å². The molecule has 0 saturated carbocycles. The molecular weight excluding hydrogens is 313 g/mol. The highest BCUT2D eigenvalue weighted by Gasteiger charge is 2.15. The number of halogens is 1. The zero-order valence-corrected chi connectivity index (χ0v) is 13.0. The van der Waals surface area contributed by atoms with Crippen molar-refractivity contribution >= 4 is 5.91 Å². The van der Waals surface area contributed by atoms with E-state index in [-0.39, 0.29) is 30.1 Å². The van der Waals surface area contributed by atoms with E-state index in [2.05, 4.69) is 15.5 Å². The molecule has 2 aromatic heterocycles. The smallest absolute Gasteiger partial charge is 0.272 e. The van der Waals surface area contributed by atoms with Crippen LogP contribution >= 0.6 is 0 Å². The van der Waals surface area contributed by atoms with Gasteiger partial charge in [0.15, 0.2) is 11.5 Å². The normalized spacial score (nSPS) is 11.9. The minimum absolute atomic E-state index is 0.244. The first kappa shape index (κ1) is 15.8. The molecule has 1 atom stereocenters. The number of rotatable bonds is 6. The molecule has 0 spiro atoms. The van der Waals surface area contributed by atoms with Gasteiger partial charge in [-0.25, -0.2) is 4.39 Å². The standard InChI is InChI=1S/C17H16FN3O3/c1-11(10-24-13-6-4-12(18)5-7-13)19-17(22)15-9-14(20-21-15)16-3-2-8-23-16/h2-9,11H,10H2,1H3,(H,19,22)(H,20,21). The number of nitrogens with one attached hydrogen (secondary N) is 2. The maximum absolute atomic E-state index is 12.8. The number of nitrogens with zero attached hydrogens (tertiary/aromatic N) is 1. The number of benzene rings is 1. The van der Waals surface area contributed by atoms with Crippen LogP contribution < -0.4 is 10.1 Å². The van der Waals surface area contributed by atoms with Crippen molar-refractivity contribution in [2.45, 2.75) is 13.0 Å². The molecule has 1 unspecified atom stereocenters. The fourth-order valence-electron chi connectivity index (χ4n) is 2.09. The topological polar surface area (TPSA) is 80.1 Å². The lowest BCUT2D eigenvalue weighted by Gasteiger charge is -2.14. The first-order chi connectivity index (χ1) is 11.6. The lowest BCUT2D eigenvalue weighted by Crippen LogP contribution is -2.37. The second-order valence-corrected chi connectivity index (χ2v) is 5.28. The van der Waals surface area contributed by atoms with Gasteiger partial charge in [0, 0.05) is 6.07 Å². The van der Waals surface area contributed by atoms with Crippen molar-refractivity contribution in [2.75, 3.05) is 6.61 Å². The lowest BCUT2D eigenvalue weighted by molar-refractivity contribution is 0.0921. The van der Waals surface area contributed by atoms with Gasteiger partial charge in [0.05, 0.1) is 12.3 Å². The molecule has 0 radical (unpaired) electrons. The van der Waals surface area contributed by atoms with Crippen molar-refractivity contribution in [1.82, 2.24) is 15.5 Å². The average molecular weight is 329 g/mol. The van der Waals surface area contributed by atoms with Crippen LogP contribution in [-0.4, -0.2) is 28.8 Å². The van der Waals surface area contributed by atoms with Crippen LogP contribution in [0.3, 0.4) is 0 Å². The van der Waals surface area contributed by atoms with E-state index in [9.17, 15) is 9.18 Å². The maximum atomic E-state index is 12.8. The van der Waals surface area contributed by atoms with Gasteiger partial charge < -0.3 is 14.5 Å². The number of hydrogen-bond donors (Lipinski definition) is 2. The molecule has 0 aliphatic carbocycles. The summed E-state index contributed by atoms with van der Waals surface area (Å²) in [5.41, 5.74) is 0.885. The van der Waals surface area contributed by atoms with E-state index >= 15 is 0 Å². The van der Waals surface area contributed by atoms with Gasteiger partial charge in [0.25, 0.3) is 5.91 Å². The molecule has 1 aromatic carbocycles. The first-order valence-corrected chi connectivity index (χ1v) is 7.40. The molecule has 2 N–H and O–H groups in total. The number of furan rings is 1. The van der Waals surface area contributed by atoms with Crippen LogP contribution in [0.1, 0.15) is 17.4 Å². The zero-order chi connectivity index (χ0) is 16.9. The third-order valence-electron chi connectivity index (χ3n) is 3.29. The summed E-state index contributed by atoms with van der Waals surface area (Å²) in [6, 6.07) is 10.6. The third kappa shape index (κ3) is 3.81. The van der Waals surface area contributed by atoms with Crippen LogP contribution in [0.2, 0.25) is 0 Å². The largest absolute Gasteiger partial charge is 0.491 e. The Morgan fingerprint density at radius 1 is 1.38 bits per heavy atom. The van der Waals surface area contributed by atoms with Crippen LogP contribution in [0.4, 0.5) is 4.39 Å². The summed E-state index contributed by atoms with van der Waals surface area (Å²) in [5.74, 6) is 0.500. The molecule has 24 heavy (non-hydrogen) atoms. The minimum Gasteiger partial charge on any atom is -0.491 e. The number of amides is 1. The molecule has 0 bridgehead atoms. The van der Waals surface area contributed by atoms with Crippen LogP contribution in [-0.2, 0) is 0 Å². The Bertz CT molecular complexity index is 797. The van der Waals surface area contributed by atoms with Gasteiger partial charge in [-0.05, 0) is 43.3 Å². The lowest BCUT2D eigenvalue weighted by atomic mass is 10.2. The number of ether oxygens (including phenoxy) is 1. The zero-order valence-electron chi connectivity index (χ0n) is 13.0. The SMILES string of the molecule is CC(COc1ccc(F)cc1)NC(=O)c1cc(-c2ccco2)[nH]n1. The van der Waals surface area contributed by atoms with E-state index in [0.717, 1.165) is 0 Å². The predicted molar refractivity (Wildman–Crippen MR) is 85.1 cm³/mol. The highest BCUT2D eigenvalue weighted by molar-refractivity contribution is 5.93. The molecule has 1 amide bonds. The van der Waals surface area contributed by atoms with E-state index in [1.165, 1.54) is 24.3 Å². The number of carbonyl (C=O) groups is 1. The summed E-state index contributed by atoms with van der Waals surface area (Å²) in [5, 5.41) is 9.51. The first-order valence-electron chi connectivity index (χ1n) is 7.40. The Labute approximate surface area is 137 Å². The van der Waals surface area contributed by atoms with E-state index < -0.39 is 0 Å². The maximum Gasteiger partial charge on any atom is 0.272 e. The van der Waals surface area contributed by atoms with E-state index in [1.54, 1.807) is 24.5 Å². The summed E-state index contributed by atoms with van der Waals surface area (Å²) < 4.78 is 23.6. The fourth-order valence-corrected chi connectivity index (χ4v) is 2.09. The van der Waals surface area contributed by atoms with Crippen molar-refractivity contribution in [1.29, 1.82) is 0 Å². The van der Waals surface area contributed by atoms with Crippen LogP contribution in [0.15, 0.2) is 53.1 Å². The summed E-state index contributed by atoms with van der Waals surface area (Å²) in [4.78, 5) is 12.2. The number of carbonyl (C=O) groups excluding carboxylic acids is 1. The fraction of sp³-hybridized carbons (Fsp3) is 0.176. The quantitative estimate of drug-likeness (QED) is 0.728. The molecule has 0 saturated heterocycles. The van der Waals surface area contributed by atoms with Crippen molar-refractivity contribution in [3.05, 3.63) is 60.2 Å². The molecule has 0 aliphatic rings. The number of hydrogen-bond acceptors (Lipinski definition) is 4. The molecule has 6 nitrogen and oxygen atoms in total. The Balaban J connectivity index is 1.53. The highest BCUT2D eigenvalue weighted by atomic mass is 19.1. The van der Waals surface area contributed by atoms with Crippen LogP contribution in [0.5, 0.6) is 5.75 Å². The highest BCUT2D eigenvalue weighted by Crippen LogP contribution is 2.17. The third-order valence-corrected chi connectivity index (χ3v) is 3.29. The molecule has 2 heterocycles. The Kier molecular flexibility index (Phi) is 4.60. The van der Waals surface area contributed by atoms with Crippen molar-refractivity contribution in [3.8, 4) is 17.2 Å². The predicted octanol–water partition coefficient (Wildman–Crippen LogP) is 3.01. The molecule has 0 fully saturated rings. The van der Waals surface area contributed by atoms with Crippen LogP contribution in [0.25, 0.3) is 11.5 Å². The summed E-state index contributed by atoms with van der Waals surface area (Å²) in [6.45, 7) is 2.06. The summed E-state index contributed by atoms with van der Waals surface area (Å²) >= 11 is 0. The Morgan fingerprint density at radius 3 is 2.88 bits per heavy atom. The second-order valence-electron chi connectivity index (χ2n) is 5.28. The number of H-pyrrole nitrogens is 1. The van der Waals surface area contributed by atoms with E-state index in [0.29, 0.717) is 17.2 Å². The van der Waals surface area contributed by atoms with Crippen molar-refractivity contribution < 1.29 is 18.3 Å². The van der Waals surface area contributed by atoms with E-state index in [1.807, 2.05) is 6.92 Å². The molecule has 124 valence electrons. The van der Waals surface area contributed by atoms with Crippen molar-refractivity contribution in [2.24, 2.45) is 0 Å². The molecule has 3 aromatic rings. The van der Waals surface area contributed by atoms with Gasteiger partial charge in [-0.1, -0.05) is 0 Å². The summed E-state index contributed by atoms with van der Waals surface area (Å²) in [7, 11) is 0. The van der Waals surface area contributed by atoms with Crippen LogP contribution in [0, 0.1) is 5.82 Å². The number of aromatic amines is 1. The Morgan fingerprint density at radius 2 is 2.17 bits per heavy atom.